The number of pyridine rings is 2. The van der Waals surface area contributed by atoms with Gasteiger partial charge in [0.25, 0.3) is 0 Å². The molecular formula is C14H17FN4O. The first-order valence-corrected chi connectivity index (χ1v) is 6.39. The molecule has 2 heterocycles. The van der Waals surface area contributed by atoms with Gasteiger partial charge < -0.3 is 4.74 Å². The summed E-state index contributed by atoms with van der Waals surface area (Å²) in [4.78, 5) is 7.95. The lowest BCUT2D eigenvalue weighted by Crippen LogP contribution is -2.29. The number of ether oxygens (including phenoxy) is 1. The minimum atomic E-state index is -0.408. The molecule has 0 aromatic carbocycles. The maximum Gasteiger partial charge on any atom is 0.141 e. The van der Waals surface area contributed by atoms with Crippen molar-refractivity contribution in [3.63, 3.8) is 0 Å². The smallest absolute Gasteiger partial charge is 0.141 e. The van der Waals surface area contributed by atoms with Crippen molar-refractivity contribution in [3.8, 4) is 5.75 Å². The Morgan fingerprint density at radius 3 is 2.55 bits per heavy atom. The van der Waals surface area contributed by atoms with Crippen LogP contribution in [0.15, 0.2) is 36.9 Å². The van der Waals surface area contributed by atoms with Crippen LogP contribution in [0.2, 0.25) is 0 Å². The monoisotopic (exact) mass is 276 g/mol. The summed E-state index contributed by atoms with van der Waals surface area (Å²) in [5.74, 6) is 5.82. The number of aromatic nitrogens is 2. The SMILES string of the molecule is CCCOc1cncc(C(NN)c2cncc(F)c2)c1. The molecule has 1 atom stereocenters. The Kier molecular flexibility index (Phi) is 4.97. The van der Waals surface area contributed by atoms with E-state index in [4.69, 9.17) is 10.6 Å². The summed E-state index contributed by atoms with van der Waals surface area (Å²) in [6.07, 6.45) is 6.92. The van der Waals surface area contributed by atoms with E-state index in [9.17, 15) is 4.39 Å². The minimum Gasteiger partial charge on any atom is -0.492 e. The summed E-state index contributed by atoms with van der Waals surface area (Å²) < 4.78 is 18.8. The number of nitrogens with two attached hydrogens (primary N) is 1. The second-order valence-electron chi connectivity index (χ2n) is 4.34. The number of hydrogen-bond acceptors (Lipinski definition) is 5. The van der Waals surface area contributed by atoms with Gasteiger partial charge in [0.05, 0.1) is 25.0 Å². The Bertz CT molecular complexity index is 564. The van der Waals surface area contributed by atoms with Crippen LogP contribution in [-0.2, 0) is 0 Å². The minimum absolute atomic E-state index is 0.393. The Balaban J connectivity index is 2.27. The van der Waals surface area contributed by atoms with Crippen molar-refractivity contribution >= 4 is 0 Å². The predicted octanol–water partition coefficient (Wildman–Crippen LogP) is 1.96. The van der Waals surface area contributed by atoms with Crippen molar-refractivity contribution < 1.29 is 9.13 Å². The topological polar surface area (TPSA) is 73.1 Å². The zero-order valence-corrected chi connectivity index (χ0v) is 11.2. The van der Waals surface area contributed by atoms with Gasteiger partial charge in [-0.15, -0.1) is 0 Å². The molecule has 20 heavy (non-hydrogen) atoms. The summed E-state index contributed by atoms with van der Waals surface area (Å²) in [5, 5.41) is 0. The zero-order chi connectivity index (χ0) is 14.4. The molecular weight excluding hydrogens is 259 g/mol. The van der Waals surface area contributed by atoms with E-state index in [1.54, 1.807) is 18.6 Å². The van der Waals surface area contributed by atoms with Crippen molar-refractivity contribution in [1.29, 1.82) is 0 Å². The molecule has 0 aliphatic rings. The summed E-state index contributed by atoms with van der Waals surface area (Å²) in [6.45, 7) is 2.65. The van der Waals surface area contributed by atoms with Gasteiger partial charge in [0.1, 0.15) is 11.6 Å². The van der Waals surface area contributed by atoms with Gasteiger partial charge in [-0.05, 0) is 29.7 Å². The van der Waals surface area contributed by atoms with Crippen LogP contribution in [0.1, 0.15) is 30.5 Å². The predicted molar refractivity (Wildman–Crippen MR) is 73.4 cm³/mol. The molecule has 6 heteroatoms. The van der Waals surface area contributed by atoms with E-state index < -0.39 is 11.9 Å². The van der Waals surface area contributed by atoms with E-state index in [1.165, 1.54) is 6.07 Å². The fourth-order valence-electron chi connectivity index (χ4n) is 1.86. The van der Waals surface area contributed by atoms with Gasteiger partial charge in [-0.2, -0.15) is 0 Å². The van der Waals surface area contributed by atoms with Crippen LogP contribution in [0.25, 0.3) is 0 Å². The number of hydrogen-bond donors (Lipinski definition) is 2. The molecule has 2 aromatic heterocycles. The molecule has 0 amide bonds. The van der Waals surface area contributed by atoms with Gasteiger partial charge in [-0.1, -0.05) is 6.92 Å². The van der Waals surface area contributed by atoms with Gasteiger partial charge >= 0.3 is 0 Å². The standard InChI is InChI=1S/C14H17FN4O/c1-2-3-20-13-5-11(7-18-9-13)14(19-16)10-4-12(15)8-17-6-10/h4-9,14,19H,2-3,16H2,1H3. The van der Waals surface area contributed by atoms with Crippen LogP contribution < -0.4 is 16.0 Å². The first-order valence-electron chi connectivity index (χ1n) is 6.39. The summed E-state index contributed by atoms with van der Waals surface area (Å²) in [5.41, 5.74) is 4.06. The fourth-order valence-corrected chi connectivity index (χ4v) is 1.86. The second kappa shape index (κ2) is 6.93. The Hall–Kier alpha value is -2.05. The average Bonchev–Trinajstić information content (AvgIpc) is 2.46. The molecule has 0 aliphatic carbocycles. The van der Waals surface area contributed by atoms with Crippen LogP contribution in [0.4, 0.5) is 4.39 Å². The lowest BCUT2D eigenvalue weighted by atomic mass is 10.0. The van der Waals surface area contributed by atoms with E-state index in [-0.39, 0.29) is 0 Å². The third-order valence-electron chi connectivity index (χ3n) is 2.77. The fraction of sp³-hybridized carbons (Fsp3) is 0.286. The van der Waals surface area contributed by atoms with Crippen molar-refractivity contribution in [2.24, 2.45) is 5.84 Å². The van der Waals surface area contributed by atoms with Crippen molar-refractivity contribution in [3.05, 3.63) is 53.9 Å². The molecule has 0 saturated heterocycles. The van der Waals surface area contributed by atoms with Crippen LogP contribution in [0.3, 0.4) is 0 Å². The van der Waals surface area contributed by atoms with Gasteiger partial charge in [-0.25, -0.2) is 9.82 Å². The van der Waals surface area contributed by atoms with Crippen molar-refractivity contribution in [1.82, 2.24) is 15.4 Å². The second-order valence-corrected chi connectivity index (χ2v) is 4.34. The van der Waals surface area contributed by atoms with Gasteiger partial charge in [0.2, 0.25) is 0 Å². The third-order valence-corrected chi connectivity index (χ3v) is 2.77. The molecule has 106 valence electrons. The largest absolute Gasteiger partial charge is 0.492 e. The van der Waals surface area contributed by atoms with Crippen LogP contribution in [0.5, 0.6) is 5.75 Å². The molecule has 3 N–H and O–H groups in total. The maximum absolute atomic E-state index is 13.3. The first kappa shape index (κ1) is 14.4. The average molecular weight is 276 g/mol. The van der Waals surface area contributed by atoms with Crippen LogP contribution in [-0.4, -0.2) is 16.6 Å². The Labute approximate surface area is 117 Å². The van der Waals surface area contributed by atoms with Crippen LogP contribution >= 0.6 is 0 Å². The molecule has 0 saturated carbocycles. The molecule has 0 spiro atoms. The highest BCUT2D eigenvalue weighted by atomic mass is 19.1. The maximum atomic E-state index is 13.3. The third kappa shape index (κ3) is 3.49. The number of rotatable bonds is 6. The molecule has 0 radical (unpaired) electrons. The van der Waals surface area contributed by atoms with Crippen LogP contribution in [0, 0.1) is 5.82 Å². The highest BCUT2D eigenvalue weighted by molar-refractivity contribution is 5.32. The zero-order valence-electron chi connectivity index (χ0n) is 11.2. The van der Waals surface area contributed by atoms with E-state index in [0.717, 1.165) is 18.2 Å². The highest BCUT2D eigenvalue weighted by Gasteiger charge is 2.14. The molecule has 5 nitrogen and oxygen atoms in total. The highest BCUT2D eigenvalue weighted by Crippen LogP contribution is 2.23. The van der Waals surface area contributed by atoms with Gasteiger partial charge in [-0.3, -0.25) is 15.8 Å². The molecule has 0 bridgehead atoms. The van der Waals surface area contributed by atoms with Gasteiger partial charge in [0, 0.05) is 12.4 Å². The number of nitrogens with one attached hydrogen (secondary N) is 1. The molecule has 1 unspecified atom stereocenters. The van der Waals surface area contributed by atoms with Crippen molar-refractivity contribution in [2.45, 2.75) is 19.4 Å². The lowest BCUT2D eigenvalue weighted by Gasteiger charge is -2.17. The van der Waals surface area contributed by atoms with E-state index in [1.807, 2.05) is 13.0 Å². The lowest BCUT2D eigenvalue weighted by molar-refractivity contribution is 0.315. The summed E-state index contributed by atoms with van der Waals surface area (Å²) in [7, 11) is 0. The first-order chi connectivity index (χ1) is 9.74. The van der Waals surface area contributed by atoms with Crippen molar-refractivity contribution in [2.75, 3.05) is 6.61 Å². The number of hydrazine groups is 1. The quantitative estimate of drug-likeness (QED) is 0.623. The summed E-state index contributed by atoms with van der Waals surface area (Å²) >= 11 is 0. The molecule has 2 aromatic rings. The van der Waals surface area contributed by atoms with E-state index >= 15 is 0 Å². The molecule has 0 fully saturated rings. The molecule has 0 aliphatic heterocycles. The normalized spacial score (nSPS) is 12.2. The van der Waals surface area contributed by atoms with E-state index in [2.05, 4.69) is 15.4 Å². The Morgan fingerprint density at radius 2 is 1.90 bits per heavy atom. The number of halogens is 1. The molecule has 2 rings (SSSR count). The number of nitrogens with zero attached hydrogens (tertiary/aromatic N) is 2. The summed E-state index contributed by atoms with van der Waals surface area (Å²) in [6, 6.07) is 2.82. The van der Waals surface area contributed by atoms with E-state index in [0.29, 0.717) is 17.9 Å². The Morgan fingerprint density at radius 1 is 1.20 bits per heavy atom. The van der Waals surface area contributed by atoms with Gasteiger partial charge in [0.15, 0.2) is 0 Å².